The third-order valence-electron chi connectivity index (χ3n) is 2.11. The Kier molecular flexibility index (Phi) is 2.61. The number of benzene rings is 1. The highest BCUT2D eigenvalue weighted by molar-refractivity contribution is 5.67. The summed E-state index contributed by atoms with van der Waals surface area (Å²) in [7, 11) is 0. The summed E-state index contributed by atoms with van der Waals surface area (Å²) in [5.74, 6) is 0. The quantitative estimate of drug-likeness (QED) is 0.685. The molecule has 0 heterocycles. The van der Waals surface area contributed by atoms with Crippen LogP contribution in [0.15, 0.2) is 30.3 Å². The Balaban J connectivity index is 3.03. The van der Waals surface area contributed by atoms with Gasteiger partial charge in [0.2, 0.25) is 0 Å². The molecule has 0 aliphatic carbocycles. The van der Waals surface area contributed by atoms with Gasteiger partial charge in [-0.1, -0.05) is 37.3 Å². The van der Waals surface area contributed by atoms with Crippen LogP contribution in [0.5, 0.6) is 0 Å². The van der Waals surface area contributed by atoms with Gasteiger partial charge in [0.05, 0.1) is 5.54 Å². The van der Waals surface area contributed by atoms with Crippen molar-refractivity contribution in [3.8, 4) is 0 Å². The van der Waals surface area contributed by atoms with Gasteiger partial charge in [0.1, 0.15) is 6.29 Å². The van der Waals surface area contributed by atoms with Crippen molar-refractivity contribution in [1.82, 2.24) is 0 Å². The fourth-order valence-corrected chi connectivity index (χ4v) is 1.10. The minimum Gasteiger partial charge on any atom is -0.316 e. The molecule has 0 saturated heterocycles. The third kappa shape index (κ3) is 1.53. The zero-order chi connectivity index (χ0) is 9.03. The molecule has 0 fully saturated rings. The van der Waals surface area contributed by atoms with Crippen molar-refractivity contribution in [3.63, 3.8) is 0 Å². The Bertz CT molecular complexity index is 258. The van der Waals surface area contributed by atoms with Crippen LogP contribution in [-0.4, -0.2) is 6.29 Å². The van der Waals surface area contributed by atoms with Crippen LogP contribution < -0.4 is 5.73 Å². The first kappa shape index (κ1) is 8.94. The molecule has 0 aliphatic rings. The summed E-state index contributed by atoms with van der Waals surface area (Å²) in [6.45, 7) is 1.90. The maximum atomic E-state index is 10.7. The zero-order valence-electron chi connectivity index (χ0n) is 7.16. The molecule has 1 unspecified atom stereocenters. The van der Waals surface area contributed by atoms with Gasteiger partial charge in [0.15, 0.2) is 0 Å². The molecule has 0 saturated carbocycles. The average Bonchev–Trinajstić information content (AvgIpc) is 2.18. The van der Waals surface area contributed by atoms with Crippen LogP contribution in [0.4, 0.5) is 0 Å². The molecule has 0 amide bonds. The molecule has 64 valence electrons. The van der Waals surface area contributed by atoms with Crippen LogP contribution in [0.1, 0.15) is 18.9 Å². The molecular formula is C10H13NO. The zero-order valence-corrected chi connectivity index (χ0v) is 7.16. The van der Waals surface area contributed by atoms with Gasteiger partial charge >= 0.3 is 0 Å². The van der Waals surface area contributed by atoms with Gasteiger partial charge in [0, 0.05) is 0 Å². The molecule has 0 aliphatic heterocycles. The van der Waals surface area contributed by atoms with Crippen molar-refractivity contribution in [3.05, 3.63) is 35.9 Å². The van der Waals surface area contributed by atoms with Crippen molar-refractivity contribution in [2.75, 3.05) is 0 Å². The number of carbonyl (C=O) groups is 1. The highest BCUT2D eigenvalue weighted by Crippen LogP contribution is 2.18. The summed E-state index contributed by atoms with van der Waals surface area (Å²) in [6.07, 6.45) is 1.43. The van der Waals surface area contributed by atoms with E-state index < -0.39 is 5.54 Å². The first-order valence-corrected chi connectivity index (χ1v) is 4.03. The number of aldehydes is 1. The molecule has 0 spiro atoms. The summed E-state index contributed by atoms with van der Waals surface area (Å²) < 4.78 is 0. The molecule has 1 rings (SSSR count). The fourth-order valence-electron chi connectivity index (χ4n) is 1.10. The van der Waals surface area contributed by atoms with Crippen molar-refractivity contribution < 1.29 is 4.79 Å². The number of hydrogen-bond acceptors (Lipinski definition) is 2. The second-order valence-corrected chi connectivity index (χ2v) is 2.88. The molecule has 2 nitrogen and oxygen atoms in total. The van der Waals surface area contributed by atoms with Crippen LogP contribution in [0.25, 0.3) is 0 Å². The molecule has 0 radical (unpaired) electrons. The summed E-state index contributed by atoms with van der Waals surface area (Å²) >= 11 is 0. The molecule has 1 atom stereocenters. The lowest BCUT2D eigenvalue weighted by Crippen LogP contribution is -2.37. The minimum absolute atomic E-state index is 0.626. The predicted octanol–water partition coefficient (Wildman–Crippen LogP) is 1.45. The lowest BCUT2D eigenvalue weighted by atomic mass is 9.90. The highest BCUT2D eigenvalue weighted by atomic mass is 16.1. The Labute approximate surface area is 72.4 Å². The SMILES string of the molecule is CCC(N)(C=O)c1ccccc1. The summed E-state index contributed by atoms with van der Waals surface area (Å²) in [4.78, 5) is 10.7. The Morgan fingerprint density at radius 3 is 2.42 bits per heavy atom. The van der Waals surface area contributed by atoms with E-state index in [-0.39, 0.29) is 0 Å². The summed E-state index contributed by atoms with van der Waals surface area (Å²) in [5, 5.41) is 0. The average molecular weight is 163 g/mol. The van der Waals surface area contributed by atoms with Crippen LogP contribution in [0.2, 0.25) is 0 Å². The van der Waals surface area contributed by atoms with E-state index >= 15 is 0 Å². The predicted molar refractivity (Wildman–Crippen MR) is 48.7 cm³/mol. The van der Waals surface area contributed by atoms with Crippen LogP contribution in [0.3, 0.4) is 0 Å². The fraction of sp³-hybridized carbons (Fsp3) is 0.300. The minimum atomic E-state index is -0.804. The van der Waals surface area contributed by atoms with Crippen LogP contribution in [0, 0.1) is 0 Å². The monoisotopic (exact) mass is 163 g/mol. The van der Waals surface area contributed by atoms with E-state index in [1.54, 1.807) is 0 Å². The van der Waals surface area contributed by atoms with Gasteiger partial charge in [-0.15, -0.1) is 0 Å². The second kappa shape index (κ2) is 3.50. The maximum absolute atomic E-state index is 10.7. The van der Waals surface area contributed by atoms with E-state index in [9.17, 15) is 4.79 Å². The van der Waals surface area contributed by atoms with Crippen molar-refractivity contribution in [1.29, 1.82) is 0 Å². The number of carbonyl (C=O) groups excluding carboxylic acids is 1. The van der Waals surface area contributed by atoms with Gasteiger partial charge in [0.25, 0.3) is 0 Å². The standard InChI is InChI=1S/C10H13NO/c1-2-10(11,8-12)9-6-4-3-5-7-9/h3-8H,2,11H2,1H3. The van der Waals surface area contributed by atoms with E-state index in [2.05, 4.69) is 0 Å². The van der Waals surface area contributed by atoms with Gasteiger partial charge in [-0.25, -0.2) is 0 Å². The van der Waals surface area contributed by atoms with E-state index in [0.717, 1.165) is 11.8 Å². The van der Waals surface area contributed by atoms with Crippen molar-refractivity contribution in [2.45, 2.75) is 18.9 Å². The first-order chi connectivity index (χ1) is 5.73. The Morgan fingerprint density at radius 1 is 1.42 bits per heavy atom. The topological polar surface area (TPSA) is 43.1 Å². The maximum Gasteiger partial charge on any atom is 0.144 e. The number of rotatable bonds is 3. The van der Waals surface area contributed by atoms with Gasteiger partial charge in [-0.2, -0.15) is 0 Å². The molecule has 2 N–H and O–H groups in total. The van der Waals surface area contributed by atoms with Crippen molar-refractivity contribution >= 4 is 6.29 Å². The summed E-state index contributed by atoms with van der Waals surface area (Å²) in [6, 6.07) is 9.42. The second-order valence-electron chi connectivity index (χ2n) is 2.88. The smallest absolute Gasteiger partial charge is 0.144 e. The van der Waals surface area contributed by atoms with E-state index in [4.69, 9.17) is 5.73 Å². The molecule has 2 heteroatoms. The molecule has 12 heavy (non-hydrogen) atoms. The molecule has 1 aromatic rings. The summed E-state index contributed by atoms with van der Waals surface area (Å²) in [5.41, 5.74) is 5.92. The van der Waals surface area contributed by atoms with Crippen molar-refractivity contribution in [2.24, 2.45) is 5.73 Å². The first-order valence-electron chi connectivity index (χ1n) is 4.03. The Morgan fingerprint density at radius 2 is 2.00 bits per heavy atom. The molecule has 1 aromatic carbocycles. The van der Waals surface area contributed by atoms with Gasteiger partial charge in [-0.3, -0.25) is 0 Å². The van der Waals surface area contributed by atoms with E-state index in [1.165, 1.54) is 0 Å². The number of hydrogen-bond donors (Lipinski definition) is 1. The third-order valence-corrected chi connectivity index (χ3v) is 2.11. The van der Waals surface area contributed by atoms with E-state index in [1.807, 2.05) is 37.3 Å². The highest BCUT2D eigenvalue weighted by Gasteiger charge is 2.23. The van der Waals surface area contributed by atoms with Gasteiger partial charge in [-0.05, 0) is 12.0 Å². The Hall–Kier alpha value is -1.15. The molecule has 0 aromatic heterocycles. The molecule has 0 bridgehead atoms. The molecular weight excluding hydrogens is 150 g/mol. The van der Waals surface area contributed by atoms with Crippen LogP contribution in [-0.2, 0) is 10.3 Å². The van der Waals surface area contributed by atoms with E-state index in [0.29, 0.717) is 6.42 Å². The normalized spacial score (nSPS) is 15.2. The lowest BCUT2D eigenvalue weighted by molar-refractivity contribution is -0.112. The largest absolute Gasteiger partial charge is 0.316 e. The van der Waals surface area contributed by atoms with Crippen LogP contribution >= 0.6 is 0 Å². The lowest BCUT2D eigenvalue weighted by Gasteiger charge is -2.20. The number of nitrogens with two attached hydrogens (primary N) is 1. The van der Waals surface area contributed by atoms with Gasteiger partial charge < -0.3 is 10.5 Å².